The molecule has 0 heterocycles. The number of nitrogens with two attached hydrogens (primary N) is 1. The van der Waals surface area contributed by atoms with Gasteiger partial charge < -0.3 is 20.7 Å². The van der Waals surface area contributed by atoms with Crippen LogP contribution in [0.5, 0.6) is 11.5 Å². The van der Waals surface area contributed by atoms with Crippen LogP contribution >= 0.6 is 0 Å². The molecule has 0 bridgehead atoms. The van der Waals surface area contributed by atoms with E-state index in [1.165, 1.54) is 5.56 Å². The summed E-state index contributed by atoms with van der Waals surface area (Å²) in [5, 5.41) is 28.7. The zero-order valence-corrected chi connectivity index (χ0v) is 19.6. The summed E-state index contributed by atoms with van der Waals surface area (Å²) in [5.41, 5.74) is 16.4. The van der Waals surface area contributed by atoms with Crippen LogP contribution in [0, 0.1) is 11.3 Å². The number of rotatable bonds is 7. The van der Waals surface area contributed by atoms with Crippen LogP contribution in [0.25, 0.3) is 22.3 Å². The lowest BCUT2D eigenvalue weighted by Gasteiger charge is -2.31. The molecule has 3 aromatic rings. The molecule has 3 aromatic carbocycles. The first-order valence-corrected chi connectivity index (χ1v) is 12.2. The molecule has 0 unspecified atom stereocenters. The Morgan fingerprint density at radius 1 is 0.943 bits per heavy atom. The number of carboxylic acids is 1. The Balaban J connectivity index is 1.51. The fourth-order valence-corrected chi connectivity index (χ4v) is 5.51. The summed E-state index contributed by atoms with van der Waals surface area (Å²) < 4.78 is 5.97. The van der Waals surface area contributed by atoms with Crippen molar-refractivity contribution in [3.8, 4) is 39.8 Å². The van der Waals surface area contributed by atoms with Crippen molar-refractivity contribution in [2.24, 2.45) is 0 Å². The third kappa shape index (κ3) is 4.19. The highest BCUT2D eigenvalue weighted by Gasteiger charge is 2.31. The number of unbranched alkanes of at least 4 members (excludes halogenated alkanes) is 2. The molecule has 2 aliphatic carbocycles. The van der Waals surface area contributed by atoms with Gasteiger partial charge in [0.25, 0.3) is 0 Å². The normalized spacial score (nSPS) is 13.1. The van der Waals surface area contributed by atoms with Gasteiger partial charge in [0.1, 0.15) is 17.6 Å². The van der Waals surface area contributed by atoms with E-state index in [4.69, 9.17) is 15.6 Å². The lowest BCUT2D eigenvalue weighted by Crippen LogP contribution is -2.16. The largest absolute Gasteiger partial charge is 0.508 e. The number of nitrogen functional groups attached to an aromatic ring is 1. The van der Waals surface area contributed by atoms with Crippen LogP contribution in [-0.4, -0.2) is 22.8 Å². The topological polar surface area (TPSA) is 117 Å². The Hall–Kier alpha value is -3.98. The van der Waals surface area contributed by atoms with Crippen LogP contribution < -0.4 is 10.5 Å². The second kappa shape index (κ2) is 9.34. The van der Waals surface area contributed by atoms with Crippen molar-refractivity contribution >= 4 is 11.7 Å². The number of phenolic OH excluding ortho intramolecular Hbond substituents is 1. The fourth-order valence-electron chi connectivity index (χ4n) is 5.51. The first-order valence-electron chi connectivity index (χ1n) is 12.2. The molecule has 6 nitrogen and oxygen atoms in total. The lowest BCUT2D eigenvalue weighted by atomic mass is 9.73. The maximum absolute atomic E-state index is 10.6. The van der Waals surface area contributed by atoms with Gasteiger partial charge in [-0.1, -0.05) is 12.1 Å². The van der Waals surface area contributed by atoms with Gasteiger partial charge in [-0.2, -0.15) is 5.26 Å². The maximum atomic E-state index is 10.6. The van der Waals surface area contributed by atoms with Gasteiger partial charge in [0.05, 0.1) is 17.9 Å². The predicted molar refractivity (Wildman–Crippen MR) is 135 cm³/mol. The average Bonchev–Trinajstić information content (AvgIpc) is 2.85. The van der Waals surface area contributed by atoms with Gasteiger partial charge >= 0.3 is 5.97 Å². The molecule has 0 radical (unpaired) electrons. The number of anilines is 1. The van der Waals surface area contributed by atoms with Gasteiger partial charge in [0, 0.05) is 6.42 Å². The molecule has 0 aliphatic heterocycles. The minimum absolute atomic E-state index is 0.196. The van der Waals surface area contributed by atoms with Crippen LogP contribution in [-0.2, 0) is 30.5 Å². The summed E-state index contributed by atoms with van der Waals surface area (Å²) in [6, 6.07) is 14.0. The van der Waals surface area contributed by atoms with E-state index in [9.17, 15) is 15.2 Å². The third-order valence-electron chi connectivity index (χ3n) is 7.16. The molecule has 0 spiro atoms. The van der Waals surface area contributed by atoms with Crippen LogP contribution in [0.2, 0.25) is 0 Å². The maximum Gasteiger partial charge on any atom is 0.303 e. The molecule has 0 atom stereocenters. The Kier molecular flexibility index (Phi) is 6.08. The van der Waals surface area contributed by atoms with E-state index in [2.05, 4.69) is 18.2 Å². The molecule has 5 rings (SSSR count). The highest BCUT2D eigenvalue weighted by atomic mass is 16.5. The summed E-state index contributed by atoms with van der Waals surface area (Å²) in [7, 11) is 0. The van der Waals surface area contributed by atoms with Crippen LogP contribution in [0.15, 0.2) is 36.4 Å². The summed E-state index contributed by atoms with van der Waals surface area (Å²) in [6.45, 7) is 0.555. The van der Waals surface area contributed by atoms with Crippen molar-refractivity contribution in [3.63, 3.8) is 0 Å². The average molecular weight is 469 g/mol. The molecule has 0 aromatic heterocycles. The van der Waals surface area contributed by atoms with E-state index in [1.54, 1.807) is 6.07 Å². The molecule has 0 saturated carbocycles. The van der Waals surface area contributed by atoms with Gasteiger partial charge in [0.2, 0.25) is 0 Å². The summed E-state index contributed by atoms with van der Waals surface area (Å²) in [6.07, 6.45) is 5.54. The second-order valence-corrected chi connectivity index (χ2v) is 9.32. The van der Waals surface area contributed by atoms with Gasteiger partial charge in [-0.25, -0.2) is 0 Å². The first kappa shape index (κ1) is 22.8. The van der Waals surface area contributed by atoms with Crippen LogP contribution in [0.4, 0.5) is 5.69 Å². The number of carboxylic acid groups (broad SMARTS) is 1. The predicted octanol–water partition coefficient (Wildman–Crippen LogP) is 5.40. The van der Waals surface area contributed by atoms with Gasteiger partial charge in [-0.3, -0.25) is 4.79 Å². The minimum atomic E-state index is -0.759. The Labute approximate surface area is 204 Å². The molecule has 35 heavy (non-hydrogen) atoms. The van der Waals surface area contributed by atoms with E-state index in [1.807, 2.05) is 18.2 Å². The zero-order valence-electron chi connectivity index (χ0n) is 19.6. The number of phenols is 1. The van der Waals surface area contributed by atoms with E-state index in [-0.39, 0.29) is 12.2 Å². The standard InChI is InChI=1S/C29H28N2O4/c30-16-25-23-9-5-17-14-19(32)7-11-21(17)27(23)28-22-12-8-20(35-13-3-1-2-4-26(33)34)15-18(22)6-10-24(28)29(25)31/h7-8,11-12,14-15,32H,1-6,9-10,13,31H2,(H,33,34). The quantitative estimate of drug-likeness (QED) is 0.316. The number of aliphatic carboxylic acids is 1. The number of aromatic hydroxyl groups is 1. The van der Waals surface area contributed by atoms with E-state index in [0.29, 0.717) is 30.7 Å². The van der Waals surface area contributed by atoms with E-state index >= 15 is 0 Å². The van der Waals surface area contributed by atoms with Gasteiger partial charge in [0.15, 0.2) is 0 Å². The van der Waals surface area contributed by atoms with Crippen LogP contribution in [0.3, 0.4) is 0 Å². The van der Waals surface area contributed by atoms with Gasteiger partial charge in [-0.05, 0) is 114 Å². The lowest BCUT2D eigenvalue weighted by molar-refractivity contribution is -0.137. The number of aryl methyl sites for hydroxylation is 2. The Bertz CT molecular complexity index is 1370. The Morgan fingerprint density at radius 2 is 1.63 bits per heavy atom. The number of nitriles is 1. The fraction of sp³-hybridized carbons (Fsp3) is 0.310. The van der Waals surface area contributed by atoms with Crippen LogP contribution in [0.1, 0.15) is 53.5 Å². The molecule has 0 amide bonds. The third-order valence-corrected chi connectivity index (χ3v) is 7.16. The number of hydrogen-bond donors (Lipinski definition) is 3. The van der Waals surface area contributed by atoms with Gasteiger partial charge in [-0.15, -0.1) is 0 Å². The zero-order chi connectivity index (χ0) is 24.5. The molecular formula is C29H28N2O4. The molecular weight excluding hydrogens is 440 g/mol. The first-order chi connectivity index (χ1) is 17.0. The highest BCUT2D eigenvalue weighted by molar-refractivity contribution is 5.97. The number of fused-ring (bicyclic) bond motifs is 7. The molecule has 0 fully saturated rings. The van der Waals surface area contributed by atoms with E-state index < -0.39 is 5.97 Å². The molecule has 6 heteroatoms. The summed E-state index contributed by atoms with van der Waals surface area (Å²) >= 11 is 0. The summed E-state index contributed by atoms with van der Waals surface area (Å²) in [5.74, 6) is 0.304. The Morgan fingerprint density at radius 3 is 2.37 bits per heavy atom. The second-order valence-electron chi connectivity index (χ2n) is 9.32. The van der Waals surface area contributed by atoms with Crippen molar-refractivity contribution in [3.05, 3.63) is 64.2 Å². The monoisotopic (exact) mass is 468 g/mol. The smallest absolute Gasteiger partial charge is 0.303 e. The van der Waals surface area contributed by atoms with E-state index in [0.717, 1.165) is 76.8 Å². The van der Waals surface area contributed by atoms with Crippen molar-refractivity contribution in [1.82, 2.24) is 0 Å². The number of ether oxygens (including phenoxy) is 1. The molecule has 178 valence electrons. The number of benzene rings is 3. The van der Waals surface area contributed by atoms with Crippen molar-refractivity contribution < 1.29 is 19.7 Å². The number of nitrogens with zero attached hydrogens (tertiary/aromatic N) is 1. The summed E-state index contributed by atoms with van der Waals surface area (Å²) in [4.78, 5) is 10.6. The highest BCUT2D eigenvalue weighted by Crippen LogP contribution is 2.50. The number of hydrogen-bond acceptors (Lipinski definition) is 5. The molecule has 0 saturated heterocycles. The van der Waals surface area contributed by atoms with Crippen molar-refractivity contribution in [2.45, 2.75) is 51.4 Å². The minimum Gasteiger partial charge on any atom is -0.508 e. The number of carbonyl (C=O) groups is 1. The molecule has 2 aliphatic rings. The van der Waals surface area contributed by atoms with Crippen molar-refractivity contribution in [1.29, 1.82) is 5.26 Å². The SMILES string of the molecule is N#Cc1c(N)c2c(c3c1CCc1cc(O)ccc1-3)-c1ccc(OCCCCCC(=O)O)cc1CC2. The molecule has 4 N–H and O–H groups in total. The van der Waals surface area contributed by atoms with Crippen molar-refractivity contribution in [2.75, 3.05) is 12.3 Å².